The highest BCUT2D eigenvalue weighted by Crippen LogP contribution is 2.22. The molecule has 0 fully saturated rings. The monoisotopic (exact) mass is 282 g/mol. The molecule has 0 aliphatic heterocycles. The van der Waals surface area contributed by atoms with Crippen molar-refractivity contribution in [3.8, 4) is 5.75 Å². The van der Waals surface area contributed by atoms with Gasteiger partial charge in [-0.25, -0.2) is 9.18 Å². The Balaban J connectivity index is 2.60. The minimum atomic E-state index is -0.493. The number of anilines is 1. The van der Waals surface area contributed by atoms with Gasteiger partial charge < -0.3 is 15.4 Å². The molecular formula is C15H23FN2O2. The lowest BCUT2D eigenvalue weighted by atomic mass is 9.97. The Morgan fingerprint density at radius 2 is 2.00 bits per heavy atom. The summed E-state index contributed by atoms with van der Waals surface area (Å²) in [6.45, 7) is 10.2. The number of urea groups is 1. The minimum absolute atomic E-state index is 0.00243. The molecule has 0 radical (unpaired) electrons. The van der Waals surface area contributed by atoms with Gasteiger partial charge >= 0.3 is 6.03 Å². The van der Waals surface area contributed by atoms with Crippen LogP contribution in [0, 0.1) is 11.2 Å². The first-order valence-electron chi connectivity index (χ1n) is 6.68. The van der Waals surface area contributed by atoms with Crippen LogP contribution in [-0.4, -0.2) is 18.7 Å². The number of halogens is 1. The van der Waals surface area contributed by atoms with Gasteiger partial charge in [0.25, 0.3) is 0 Å². The van der Waals surface area contributed by atoms with Crippen LogP contribution in [0.15, 0.2) is 18.2 Å². The van der Waals surface area contributed by atoms with Gasteiger partial charge in [-0.3, -0.25) is 0 Å². The summed E-state index contributed by atoms with van der Waals surface area (Å²) in [5.74, 6) is -0.312. The third-order valence-electron chi connectivity index (χ3n) is 2.33. The molecule has 0 heterocycles. The maximum Gasteiger partial charge on any atom is 0.319 e. The third-order valence-corrected chi connectivity index (χ3v) is 2.33. The molecule has 112 valence electrons. The quantitative estimate of drug-likeness (QED) is 0.883. The van der Waals surface area contributed by atoms with Crippen LogP contribution < -0.4 is 15.4 Å². The van der Waals surface area contributed by atoms with Gasteiger partial charge in [-0.1, -0.05) is 20.8 Å². The first-order valence-corrected chi connectivity index (χ1v) is 6.68. The molecule has 2 N–H and O–H groups in total. The van der Waals surface area contributed by atoms with Crippen molar-refractivity contribution in [2.45, 2.75) is 40.7 Å². The van der Waals surface area contributed by atoms with Crippen molar-refractivity contribution in [3.63, 3.8) is 0 Å². The lowest BCUT2D eigenvalue weighted by Gasteiger charge is -2.19. The number of carbonyl (C=O) groups is 1. The first kappa shape index (κ1) is 16.3. The number of rotatable bonds is 4. The largest absolute Gasteiger partial charge is 0.488 e. The summed E-state index contributed by atoms with van der Waals surface area (Å²) in [5, 5.41) is 5.32. The molecule has 0 aliphatic rings. The van der Waals surface area contributed by atoms with Crippen molar-refractivity contribution in [3.05, 3.63) is 24.0 Å². The topological polar surface area (TPSA) is 50.4 Å². The summed E-state index contributed by atoms with van der Waals surface area (Å²) in [6, 6.07) is 4.01. The maximum absolute atomic E-state index is 13.7. The van der Waals surface area contributed by atoms with E-state index in [1.54, 1.807) is 6.07 Å². The molecule has 2 amide bonds. The van der Waals surface area contributed by atoms with Crippen molar-refractivity contribution in [2.75, 3.05) is 11.9 Å². The van der Waals surface area contributed by atoms with E-state index in [1.807, 2.05) is 34.6 Å². The Morgan fingerprint density at radius 1 is 1.35 bits per heavy atom. The highest BCUT2D eigenvalue weighted by Gasteiger charge is 2.12. The molecule has 0 aromatic heterocycles. The van der Waals surface area contributed by atoms with Crippen LogP contribution >= 0.6 is 0 Å². The zero-order valence-corrected chi connectivity index (χ0v) is 12.7. The second-order valence-corrected chi connectivity index (χ2v) is 6.18. The summed E-state index contributed by atoms with van der Waals surface area (Å²) in [4.78, 5) is 11.7. The average molecular weight is 282 g/mol. The fourth-order valence-corrected chi connectivity index (χ4v) is 1.45. The van der Waals surface area contributed by atoms with Gasteiger partial charge in [0, 0.05) is 18.3 Å². The van der Waals surface area contributed by atoms with E-state index in [2.05, 4.69) is 10.6 Å². The SMILES string of the molecule is CC(C)Oc1ccc(NC(=O)NCC(C)(C)C)cc1F. The van der Waals surface area contributed by atoms with Gasteiger partial charge in [0.15, 0.2) is 11.6 Å². The van der Waals surface area contributed by atoms with Crippen LogP contribution in [0.25, 0.3) is 0 Å². The maximum atomic E-state index is 13.7. The summed E-state index contributed by atoms with van der Waals surface area (Å²) in [6.07, 6.45) is -0.0987. The van der Waals surface area contributed by atoms with Gasteiger partial charge in [-0.05, 0) is 31.4 Å². The first-order chi connectivity index (χ1) is 9.17. The number of benzene rings is 1. The minimum Gasteiger partial charge on any atom is -0.488 e. The van der Waals surface area contributed by atoms with Crippen molar-refractivity contribution in [2.24, 2.45) is 5.41 Å². The lowest BCUT2D eigenvalue weighted by molar-refractivity contribution is 0.231. The van der Waals surface area contributed by atoms with Gasteiger partial charge in [-0.15, -0.1) is 0 Å². The Labute approximate surface area is 119 Å². The normalized spacial score (nSPS) is 11.3. The molecule has 1 rings (SSSR count). The standard InChI is InChI=1S/C15H23FN2O2/c1-10(2)20-13-7-6-11(8-12(13)16)18-14(19)17-9-15(3,4)5/h6-8,10H,9H2,1-5H3,(H2,17,18,19). The Bertz CT molecular complexity index is 467. The third kappa shape index (κ3) is 5.91. The lowest BCUT2D eigenvalue weighted by Crippen LogP contribution is -2.35. The van der Waals surface area contributed by atoms with E-state index in [4.69, 9.17) is 4.74 Å². The van der Waals surface area contributed by atoms with E-state index in [0.717, 1.165) is 0 Å². The number of hydrogen-bond donors (Lipinski definition) is 2. The van der Waals surface area contributed by atoms with Crippen LogP contribution in [0.4, 0.5) is 14.9 Å². The van der Waals surface area contributed by atoms with Crippen LogP contribution in [0.5, 0.6) is 5.75 Å². The number of amides is 2. The molecule has 1 aromatic carbocycles. The zero-order chi connectivity index (χ0) is 15.3. The Hall–Kier alpha value is -1.78. The van der Waals surface area contributed by atoms with E-state index >= 15 is 0 Å². The highest BCUT2D eigenvalue weighted by molar-refractivity contribution is 5.89. The zero-order valence-electron chi connectivity index (χ0n) is 12.7. The molecule has 0 saturated carbocycles. The predicted octanol–water partition coefficient (Wildman–Crippen LogP) is 3.78. The van der Waals surface area contributed by atoms with E-state index in [0.29, 0.717) is 12.2 Å². The molecule has 5 heteroatoms. The van der Waals surface area contributed by atoms with Crippen molar-refractivity contribution >= 4 is 11.7 Å². The van der Waals surface area contributed by atoms with E-state index in [1.165, 1.54) is 12.1 Å². The number of carbonyl (C=O) groups excluding carboxylic acids is 1. The van der Waals surface area contributed by atoms with Gasteiger partial charge in [-0.2, -0.15) is 0 Å². The van der Waals surface area contributed by atoms with E-state index < -0.39 is 5.82 Å². The van der Waals surface area contributed by atoms with Crippen LogP contribution in [0.3, 0.4) is 0 Å². The van der Waals surface area contributed by atoms with Crippen molar-refractivity contribution < 1.29 is 13.9 Å². The van der Waals surface area contributed by atoms with Crippen LogP contribution in [0.1, 0.15) is 34.6 Å². The molecular weight excluding hydrogens is 259 g/mol. The fourth-order valence-electron chi connectivity index (χ4n) is 1.45. The molecule has 0 unspecified atom stereocenters. The molecule has 1 aromatic rings. The van der Waals surface area contributed by atoms with Gasteiger partial charge in [0.1, 0.15) is 0 Å². The average Bonchev–Trinajstić information content (AvgIpc) is 2.29. The van der Waals surface area contributed by atoms with Crippen molar-refractivity contribution in [1.29, 1.82) is 0 Å². The molecule has 0 saturated heterocycles. The second kappa shape index (κ2) is 6.59. The molecule has 0 aliphatic carbocycles. The van der Waals surface area contributed by atoms with Crippen LogP contribution in [0.2, 0.25) is 0 Å². The smallest absolute Gasteiger partial charge is 0.319 e. The Morgan fingerprint density at radius 3 is 2.50 bits per heavy atom. The van der Waals surface area contributed by atoms with E-state index in [-0.39, 0.29) is 23.3 Å². The predicted molar refractivity (Wildman–Crippen MR) is 78.6 cm³/mol. The number of hydrogen-bond acceptors (Lipinski definition) is 2. The molecule has 20 heavy (non-hydrogen) atoms. The highest BCUT2D eigenvalue weighted by atomic mass is 19.1. The second-order valence-electron chi connectivity index (χ2n) is 6.18. The number of ether oxygens (including phenoxy) is 1. The van der Waals surface area contributed by atoms with Crippen molar-refractivity contribution in [1.82, 2.24) is 5.32 Å². The fraction of sp³-hybridized carbons (Fsp3) is 0.533. The number of nitrogens with one attached hydrogen (secondary N) is 2. The summed E-state index contributed by atoms with van der Waals surface area (Å²) in [5.41, 5.74) is 0.391. The Kier molecular flexibility index (Phi) is 5.36. The van der Waals surface area contributed by atoms with Gasteiger partial charge in [0.2, 0.25) is 0 Å². The summed E-state index contributed by atoms with van der Waals surface area (Å²) < 4.78 is 19.0. The molecule has 0 atom stereocenters. The van der Waals surface area contributed by atoms with Gasteiger partial charge in [0.05, 0.1) is 6.10 Å². The van der Waals surface area contributed by atoms with Crippen LogP contribution in [-0.2, 0) is 0 Å². The molecule has 4 nitrogen and oxygen atoms in total. The summed E-state index contributed by atoms with van der Waals surface area (Å²) >= 11 is 0. The van der Waals surface area contributed by atoms with E-state index in [9.17, 15) is 9.18 Å². The molecule has 0 bridgehead atoms. The summed E-state index contributed by atoms with van der Waals surface area (Å²) in [7, 11) is 0. The molecule has 0 spiro atoms.